The van der Waals surface area contributed by atoms with Crippen LogP contribution in [-0.2, 0) is 9.59 Å². The van der Waals surface area contributed by atoms with Gasteiger partial charge in [0.05, 0.1) is 23.8 Å². The zero-order valence-corrected chi connectivity index (χ0v) is 18.2. The number of carbonyl (C=O) groups is 2. The number of likely N-dealkylation sites (tertiary alicyclic amines) is 2. The number of amides is 2. The molecule has 0 aliphatic carbocycles. The van der Waals surface area contributed by atoms with Crippen molar-refractivity contribution >= 4 is 34.4 Å². The molecule has 2 aliphatic heterocycles. The van der Waals surface area contributed by atoms with Gasteiger partial charge in [-0.15, -0.1) is 0 Å². The van der Waals surface area contributed by atoms with Gasteiger partial charge in [0, 0.05) is 25.3 Å². The van der Waals surface area contributed by atoms with Crippen LogP contribution in [0.3, 0.4) is 0 Å². The van der Waals surface area contributed by atoms with Gasteiger partial charge >= 0.3 is 0 Å². The maximum atomic E-state index is 13.2. The summed E-state index contributed by atoms with van der Waals surface area (Å²) in [5.74, 6) is -0.157. The van der Waals surface area contributed by atoms with E-state index < -0.39 is 6.04 Å². The SMILES string of the molecule is N#CNC(=NC1CCCCN(CC(=O)N2CCCC2)C1=O)Nc1ccc2nc[nH]c(=O)c2c1. The quantitative estimate of drug-likeness (QED) is 0.270. The zero-order chi connectivity index (χ0) is 23.2. The molecule has 33 heavy (non-hydrogen) atoms. The smallest absolute Gasteiger partial charge is 0.258 e. The number of nitrogens with one attached hydrogen (secondary N) is 3. The minimum atomic E-state index is -0.715. The molecule has 1 aromatic carbocycles. The van der Waals surface area contributed by atoms with Crippen LogP contribution in [0.2, 0.25) is 0 Å². The lowest BCUT2D eigenvalue weighted by atomic mass is 10.1. The highest BCUT2D eigenvalue weighted by atomic mass is 16.2. The fourth-order valence-electron chi connectivity index (χ4n) is 4.18. The van der Waals surface area contributed by atoms with Crippen LogP contribution in [0.5, 0.6) is 0 Å². The summed E-state index contributed by atoms with van der Waals surface area (Å²) in [6.45, 7) is 2.05. The van der Waals surface area contributed by atoms with Gasteiger partial charge in [-0.25, -0.2) is 9.98 Å². The maximum Gasteiger partial charge on any atom is 0.258 e. The fourth-order valence-corrected chi connectivity index (χ4v) is 4.18. The van der Waals surface area contributed by atoms with Gasteiger partial charge in [0.15, 0.2) is 6.19 Å². The molecule has 0 bridgehead atoms. The Kier molecular flexibility index (Phi) is 6.83. The number of aromatic amines is 1. The molecular weight excluding hydrogens is 424 g/mol. The van der Waals surface area contributed by atoms with Gasteiger partial charge in [-0.1, -0.05) is 0 Å². The van der Waals surface area contributed by atoms with Gasteiger partial charge in [0.25, 0.3) is 5.56 Å². The number of rotatable bonds is 4. The van der Waals surface area contributed by atoms with E-state index in [1.165, 1.54) is 6.33 Å². The molecule has 2 amide bonds. The van der Waals surface area contributed by atoms with E-state index >= 15 is 0 Å². The standard InChI is InChI=1S/C22H26N8O3/c23-13-24-22(27-15-6-7-17-16(11-15)20(32)26-14-25-17)28-18-5-1-2-10-30(21(18)33)12-19(31)29-8-3-4-9-29/h6-7,11,14,18H,1-5,8-10,12H2,(H2,24,27,28)(H,25,26,32). The summed E-state index contributed by atoms with van der Waals surface area (Å²) in [6.07, 6.45) is 7.25. The highest BCUT2D eigenvalue weighted by molar-refractivity contribution is 5.98. The molecule has 4 rings (SSSR count). The second-order valence-corrected chi connectivity index (χ2v) is 8.16. The highest BCUT2D eigenvalue weighted by Crippen LogP contribution is 2.18. The van der Waals surface area contributed by atoms with E-state index in [2.05, 4.69) is 25.6 Å². The minimum Gasteiger partial charge on any atom is -0.341 e. The Labute approximate surface area is 190 Å². The molecule has 2 fully saturated rings. The number of nitriles is 1. The molecule has 1 unspecified atom stereocenters. The van der Waals surface area contributed by atoms with Crippen molar-refractivity contribution in [2.75, 3.05) is 31.5 Å². The Bertz CT molecular complexity index is 1160. The molecule has 0 spiro atoms. The molecule has 172 valence electrons. The highest BCUT2D eigenvalue weighted by Gasteiger charge is 2.30. The molecule has 11 nitrogen and oxygen atoms in total. The number of anilines is 1. The van der Waals surface area contributed by atoms with E-state index in [-0.39, 0.29) is 29.9 Å². The number of hydrogen-bond donors (Lipinski definition) is 3. The van der Waals surface area contributed by atoms with E-state index in [1.54, 1.807) is 28.0 Å². The lowest BCUT2D eigenvalue weighted by Gasteiger charge is -2.25. The lowest BCUT2D eigenvalue weighted by Crippen LogP contribution is -2.45. The van der Waals surface area contributed by atoms with E-state index in [1.807, 2.05) is 6.19 Å². The van der Waals surface area contributed by atoms with Crippen LogP contribution in [0.4, 0.5) is 5.69 Å². The molecule has 1 atom stereocenters. The number of H-pyrrole nitrogens is 1. The summed E-state index contributed by atoms with van der Waals surface area (Å²) in [4.78, 5) is 52.3. The van der Waals surface area contributed by atoms with Crippen LogP contribution in [0.25, 0.3) is 10.9 Å². The van der Waals surface area contributed by atoms with Gasteiger partial charge in [0.2, 0.25) is 17.8 Å². The third-order valence-corrected chi connectivity index (χ3v) is 5.90. The Morgan fingerprint density at radius 1 is 1.21 bits per heavy atom. The fraction of sp³-hybridized carbons (Fsp3) is 0.455. The lowest BCUT2D eigenvalue weighted by molar-refractivity contribution is -0.140. The molecule has 2 aromatic rings. The van der Waals surface area contributed by atoms with Crippen molar-refractivity contribution in [3.8, 4) is 6.19 Å². The van der Waals surface area contributed by atoms with E-state index in [0.717, 1.165) is 38.8 Å². The second-order valence-electron chi connectivity index (χ2n) is 8.16. The predicted octanol–water partition coefficient (Wildman–Crippen LogP) is 0.765. The maximum absolute atomic E-state index is 13.2. The Balaban J connectivity index is 1.52. The third-order valence-electron chi connectivity index (χ3n) is 5.90. The number of aromatic nitrogens is 2. The summed E-state index contributed by atoms with van der Waals surface area (Å²) >= 11 is 0. The second kappa shape index (κ2) is 10.1. The monoisotopic (exact) mass is 450 g/mol. The number of fused-ring (bicyclic) bond motifs is 1. The molecule has 11 heteroatoms. The van der Waals surface area contributed by atoms with Gasteiger partial charge in [-0.2, -0.15) is 5.26 Å². The number of benzene rings is 1. The Hall–Kier alpha value is -3.94. The van der Waals surface area contributed by atoms with Crippen molar-refractivity contribution in [1.29, 1.82) is 5.26 Å². The molecule has 3 heterocycles. The molecule has 2 saturated heterocycles. The first-order valence-corrected chi connectivity index (χ1v) is 11.1. The molecule has 2 aliphatic rings. The van der Waals surface area contributed by atoms with E-state index in [4.69, 9.17) is 0 Å². The van der Waals surface area contributed by atoms with Crippen molar-refractivity contribution in [2.24, 2.45) is 4.99 Å². The predicted molar refractivity (Wildman–Crippen MR) is 122 cm³/mol. The molecule has 3 N–H and O–H groups in total. The minimum absolute atomic E-state index is 0.0334. The largest absolute Gasteiger partial charge is 0.341 e. The average Bonchev–Trinajstić information content (AvgIpc) is 3.30. The van der Waals surface area contributed by atoms with Crippen molar-refractivity contribution in [1.82, 2.24) is 25.1 Å². The van der Waals surface area contributed by atoms with Crippen LogP contribution < -0.4 is 16.2 Å². The number of carbonyl (C=O) groups excluding carboxylic acids is 2. The van der Waals surface area contributed by atoms with Crippen molar-refractivity contribution < 1.29 is 9.59 Å². The van der Waals surface area contributed by atoms with Crippen LogP contribution in [-0.4, -0.2) is 69.8 Å². The van der Waals surface area contributed by atoms with Crippen molar-refractivity contribution in [3.63, 3.8) is 0 Å². The summed E-state index contributed by atoms with van der Waals surface area (Å²) in [5, 5.41) is 15.0. The van der Waals surface area contributed by atoms with Crippen LogP contribution in [0, 0.1) is 11.5 Å². The molecule has 1 aromatic heterocycles. The Morgan fingerprint density at radius 3 is 2.79 bits per heavy atom. The number of aliphatic imine (C=N–C) groups is 1. The number of nitrogens with zero attached hydrogens (tertiary/aromatic N) is 5. The van der Waals surface area contributed by atoms with Crippen molar-refractivity contribution in [3.05, 3.63) is 34.9 Å². The number of guanidine groups is 1. The van der Waals surface area contributed by atoms with Gasteiger partial charge in [0.1, 0.15) is 6.04 Å². The van der Waals surface area contributed by atoms with Crippen LogP contribution >= 0.6 is 0 Å². The molecule has 0 saturated carbocycles. The van der Waals surface area contributed by atoms with E-state index in [9.17, 15) is 19.6 Å². The normalized spacial score (nSPS) is 19.3. The first kappa shape index (κ1) is 22.3. The van der Waals surface area contributed by atoms with Crippen molar-refractivity contribution in [2.45, 2.75) is 38.1 Å². The zero-order valence-electron chi connectivity index (χ0n) is 18.2. The van der Waals surface area contributed by atoms with Crippen LogP contribution in [0.1, 0.15) is 32.1 Å². The summed E-state index contributed by atoms with van der Waals surface area (Å²) in [7, 11) is 0. The summed E-state index contributed by atoms with van der Waals surface area (Å²) in [5.41, 5.74) is 0.769. The topological polar surface area (TPSA) is 147 Å². The Morgan fingerprint density at radius 2 is 2.00 bits per heavy atom. The average molecular weight is 451 g/mol. The first-order chi connectivity index (χ1) is 16.0. The van der Waals surface area contributed by atoms with Gasteiger partial charge in [-0.3, -0.25) is 19.7 Å². The van der Waals surface area contributed by atoms with E-state index in [0.29, 0.717) is 29.6 Å². The van der Waals surface area contributed by atoms with Gasteiger partial charge < -0.3 is 20.1 Å². The summed E-state index contributed by atoms with van der Waals surface area (Å²) < 4.78 is 0. The molecule has 0 radical (unpaired) electrons. The van der Waals surface area contributed by atoms with Gasteiger partial charge in [-0.05, 0) is 50.3 Å². The van der Waals surface area contributed by atoms with Crippen LogP contribution in [0.15, 0.2) is 34.3 Å². The number of hydrogen-bond acceptors (Lipinski definition) is 6. The third kappa shape index (κ3) is 5.28. The first-order valence-electron chi connectivity index (χ1n) is 11.1. The summed E-state index contributed by atoms with van der Waals surface area (Å²) in [6, 6.07) is 4.28. The molecular formula is C22H26N8O3.